The first-order valence-corrected chi connectivity index (χ1v) is 6.25. The summed E-state index contributed by atoms with van der Waals surface area (Å²) in [5.74, 6) is 0.184. The summed E-state index contributed by atoms with van der Waals surface area (Å²) in [6, 6.07) is 6.71. The molecule has 1 aromatic rings. The lowest BCUT2D eigenvalue weighted by Crippen LogP contribution is -2.36. The Bertz CT molecular complexity index is 380. The van der Waals surface area contributed by atoms with Gasteiger partial charge in [0.25, 0.3) is 0 Å². The molecule has 0 radical (unpaired) electrons. The van der Waals surface area contributed by atoms with Crippen molar-refractivity contribution in [2.45, 2.75) is 27.0 Å². The fraction of sp³-hybridized carbons (Fsp3) is 0.571. The Morgan fingerprint density at radius 3 is 2.32 bits per heavy atom. The molecule has 0 aliphatic heterocycles. The fourth-order valence-corrected chi connectivity index (χ4v) is 1.94. The summed E-state index contributed by atoms with van der Waals surface area (Å²) < 4.78 is 28.3. The minimum Gasteiger partial charge on any atom is -0.435 e. The lowest BCUT2D eigenvalue weighted by Gasteiger charge is -2.29. The standard InChI is InChI=1S/C14H22F2N2O/c1-14(2,9-17)10-18(3)8-11-4-6-12(7-5-11)19-13(15)16/h4-7,13H,8-10,17H2,1-3H3. The van der Waals surface area contributed by atoms with E-state index in [4.69, 9.17) is 5.73 Å². The van der Waals surface area contributed by atoms with E-state index in [0.717, 1.165) is 18.7 Å². The van der Waals surface area contributed by atoms with Gasteiger partial charge in [-0.25, -0.2) is 0 Å². The van der Waals surface area contributed by atoms with E-state index < -0.39 is 6.61 Å². The van der Waals surface area contributed by atoms with Gasteiger partial charge in [-0.05, 0) is 36.7 Å². The third-order valence-corrected chi connectivity index (χ3v) is 2.85. The molecule has 19 heavy (non-hydrogen) atoms. The summed E-state index contributed by atoms with van der Waals surface area (Å²) in [6.45, 7) is 3.70. The molecule has 5 heteroatoms. The molecule has 0 unspecified atom stereocenters. The van der Waals surface area contributed by atoms with Crippen LogP contribution >= 0.6 is 0 Å². The van der Waals surface area contributed by atoms with Gasteiger partial charge >= 0.3 is 6.61 Å². The first-order valence-electron chi connectivity index (χ1n) is 6.25. The number of ether oxygens (including phenoxy) is 1. The monoisotopic (exact) mass is 272 g/mol. The highest BCUT2D eigenvalue weighted by molar-refractivity contribution is 5.27. The molecule has 0 amide bonds. The summed E-state index contributed by atoms with van der Waals surface area (Å²) in [4.78, 5) is 2.16. The van der Waals surface area contributed by atoms with Crippen molar-refractivity contribution in [1.82, 2.24) is 4.90 Å². The Balaban J connectivity index is 2.53. The van der Waals surface area contributed by atoms with Crippen LogP contribution in [0.15, 0.2) is 24.3 Å². The van der Waals surface area contributed by atoms with E-state index in [1.807, 2.05) is 7.05 Å². The maximum absolute atomic E-state index is 12.0. The van der Waals surface area contributed by atoms with Crippen molar-refractivity contribution in [2.24, 2.45) is 11.1 Å². The highest BCUT2D eigenvalue weighted by atomic mass is 19.3. The maximum atomic E-state index is 12.0. The highest BCUT2D eigenvalue weighted by Crippen LogP contribution is 2.18. The molecule has 3 nitrogen and oxygen atoms in total. The number of hydrogen-bond donors (Lipinski definition) is 1. The van der Waals surface area contributed by atoms with Gasteiger partial charge in [-0.1, -0.05) is 26.0 Å². The predicted octanol–water partition coefficient (Wildman–Crippen LogP) is 2.70. The number of benzene rings is 1. The van der Waals surface area contributed by atoms with E-state index >= 15 is 0 Å². The zero-order valence-corrected chi connectivity index (χ0v) is 11.7. The van der Waals surface area contributed by atoms with Crippen molar-refractivity contribution < 1.29 is 13.5 Å². The summed E-state index contributed by atoms with van der Waals surface area (Å²) in [6.07, 6.45) is 0. The minimum absolute atomic E-state index is 0.0630. The molecule has 0 saturated heterocycles. The number of alkyl halides is 2. The minimum atomic E-state index is -2.78. The Kier molecular flexibility index (Phi) is 5.69. The Morgan fingerprint density at radius 1 is 1.26 bits per heavy atom. The van der Waals surface area contributed by atoms with Gasteiger partial charge in [-0.2, -0.15) is 8.78 Å². The molecule has 1 rings (SSSR count). The zero-order chi connectivity index (χ0) is 14.5. The van der Waals surface area contributed by atoms with E-state index in [-0.39, 0.29) is 11.2 Å². The Hall–Kier alpha value is -1.20. The SMILES string of the molecule is CN(Cc1ccc(OC(F)F)cc1)CC(C)(C)CN. The lowest BCUT2D eigenvalue weighted by atomic mass is 9.93. The van der Waals surface area contributed by atoms with Gasteiger partial charge in [0, 0.05) is 13.1 Å². The predicted molar refractivity (Wildman–Crippen MR) is 72.2 cm³/mol. The van der Waals surface area contributed by atoms with Crippen LogP contribution in [0.3, 0.4) is 0 Å². The summed E-state index contributed by atoms with van der Waals surface area (Å²) >= 11 is 0. The van der Waals surface area contributed by atoms with Crippen molar-refractivity contribution >= 4 is 0 Å². The van der Waals surface area contributed by atoms with Crippen LogP contribution in [0.4, 0.5) is 8.78 Å². The number of nitrogens with zero attached hydrogens (tertiary/aromatic N) is 1. The second kappa shape index (κ2) is 6.82. The number of hydrogen-bond acceptors (Lipinski definition) is 3. The van der Waals surface area contributed by atoms with Crippen molar-refractivity contribution in [1.29, 1.82) is 0 Å². The third-order valence-electron chi connectivity index (χ3n) is 2.85. The van der Waals surface area contributed by atoms with Crippen LogP contribution < -0.4 is 10.5 Å². The Morgan fingerprint density at radius 2 is 1.84 bits per heavy atom. The quantitative estimate of drug-likeness (QED) is 0.829. The van der Waals surface area contributed by atoms with Gasteiger partial charge in [0.2, 0.25) is 0 Å². The van der Waals surface area contributed by atoms with Gasteiger partial charge < -0.3 is 15.4 Å². The van der Waals surface area contributed by atoms with Gasteiger partial charge in [-0.3, -0.25) is 0 Å². The third kappa shape index (κ3) is 5.98. The first kappa shape index (κ1) is 15.9. The van der Waals surface area contributed by atoms with Crippen LogP contribution in [0.1, 0.15) is 19.4 Å². The van der Waals surface area contributed by atoms with Crippen LogP contribution in [0, 0.1) is 5.41 Å². The number of halogens is 2. The van der Waals surface area contributed by atoms with Gasteiger partial charge in [0.1, 0.15) is 5.75 Å². The maximum Gasteiger partial charge on any atom is 0.387 e. The molecule has 0 aromatic heterocycles. The summed E-state index contributed by atoms with van der Waals surface area (Å²) in [5.41, 5.74) is 6.82. The fourth-order valence-electron chi connectivity index (χ4n) is 1.94. The van der Waals surface area contributed by atoms with Crippen molar-refractivity contribution in [3.63, 3.8) is 0 Å². The average molecular weight is 272 g/mol. The van der Waals surface area contributed by atoms with Gasteiger partial charge in [0.05, 0.1) is 0 Å². The molecule has 0 bridgehead atoms. The highest BCUT2D eigenvalue weighted by Gasteiger charge is 2.18. The van der Waals surface area contributed by atoms with E-state index in [9.17, 15) is 8.78 Å². The van der Waals surface area contributed by atoms with E-state index in [1.165, 1.54) is 0 Å². The van der Waals surface area contributed by atoms with Crippen LogP contribution in [-0.2, 0) is 6.54 Å². The van der Waals surface area contributed by atoms with Crippen LogP contribution in [-0.4, -0.2) is 31.6 Å². The normalized spacial score (nSPS) is 12.2. The summed E-state index contributed by atoms with van der Waals surface area (Å²) in [7, 11) is 2.01. The van der Waals surface area contributed by atoms with E-state index in [0.29, 0.717) is 6.54 Å². The van der Waals surface area contributed by atoms with Crippen molar-refractivity contribution in [3.05, 3.63) is 29.8 Å². The molecule has 108 valence electrons. The Labute approximate surface area is 113 Å². The lowest BCUT2D eigenvalue weighted by molar-refractivity contribution is -0.0498. The first-order chi connectivity index (χ1) is 8.82. The molecule has 0 heterocycles. The molecular weight excluding hydrogens is 250 g/mol. The molecule has 2 N–H and O–H groups in total. The molecule has 0 aliphatic carbocycles. The average Bonchev–Trinajstić information content (AvgIpc) is 2.30. The molecule has 0 saturated carbocycles. The second-order valence-corrected chi connectivity index (χ2v) is 5.56. The molecule has 0 atom stereocenters. The van der Waals surface area contributed by atoms with Crippen molar-refractivity contribution in [3.8, 4) is 5.75 Å². The summed E-state index contributed by atoms with van der Waals surface area (Å²) in [5, 5.41) is 0. The number of nitrogens with two attached hydrogens (primary N) is 1. The van der Waals surface area contributed by atoms with Crippen molar-refractivity contribution in [2.75, 3.05) is 20.1 Å². The molecule has 0 fully saturated rings. The molecule has 1 aromatic carbocycles. The van der Waals surface area contributed by atoms with Gasteiger partial charge in [0.15, 0.2) is 0 Å². The molecule has 0 aliphatic rings. The smallest absolute Gasteiger partial charge is 0.387 e. The second-order valence-electron chi connectivity index (χ2n) is 5.56. The van der Waals surface area contributed by atoms with Crippen LogP contribution in [0.2, 0.25) is 0 Å². The van der Waals surface area contributed by atoms with E-state index in [2.05, 4.69) is 23.5 Å². The zero-order valence-electron chi connectivity index (χ0n) is 11.7. The van der Waals surface area contributed by atoms with E-state index in [1.54, 1.807) is 24.3 Å². The van der Waals surface area contributed by atoms with Gasteiger partial charge in [-0.15, -0.1) is 0 Å². The topological polar surface area (TPSA) is 38.5 Å². The van der Waals surface area contributed by atoms with Crippen LogP contribution in [0.25, 0.3) is 0 Å². The van der Waals surface area contributed by atoms with Crippen LogP contribution in [0.5, 0.6) is 5.75 Å². The largest absolute Gasteiger partial charge is 0.435 e. The molecular formula is C14H22F2N2O. The molecule has 0 spiro atoms. The number of rotatable bonds is 7.